The molecule has 0 saturated carbocycles. The van der Waals surface area contributed by atoms with Gasteiger partial charge >= 0.3 is 0 Å². The van der Waals surface area contributed by atoms with Crippen LogP contribution in [0.25, 0.3) is 0 Å². The van der Waals surface area contributed by atoms with Gasteiger partial charge in [0.2, 0.25) is 0 Å². The van der Waals surface area contributed by atoms with Crippen molar-refractivity contribution in [3.8, 4) is 0 Å². The second-order valence-corrected chi connectivity index (χ2v) is 2.35. The van der Waals surface area contributed by atoms with Crippen molar-refractivity contribution in [2.75, 3.05) is 0 Å². The molecule has 0 aromatic carbocycles. The molecule has 1 aliphatic rings. The molecule has 60 valence electrons. The van der Waals surface area contributed by atoms with Gasteiger partial charge in [0.25, 0.3) is 0 Å². The van der Waals surface area contributed by atoms with Gasteiger partial charge in [0.15, 0.2) is 0 Å². The van der Waals surface area contributed by atoms with E-state index in [-0.39, 0.29) is 0 Å². The van der Waals surface area contributed by atoms with E-state index in [1.54, 1.807) is 12.4 Å². The SMILES string of the molecule is CCC1C=CC=NN1/C=C\N. The van der Waals surface area contributed by atoms with Crippen molar-refractivity contribution in [2.45, 2.75) is 19.4 Å². The number of rotatable bonds is 2. The lowest BCUT2D eigenvalue weighted by molar-refractivity contribution is 0.326. The molecule has 1 heterocycles. The van der Waals surface area contributed by atoms with E-state index in [1.807, 2.05) is 11.1 Å². The number of hydrogen-bond acceptors (Lipinski definition) is 3. The van der Waals surface area contributed by atoms with E-state index in [0.29, 0.717) is 6.04 Å². The van der Waals surface area contributed by atoms with E-state index in [2.05, 4.69) is 18.1 Å². The number of nitrogens with two attached hydrogens (primary N) is 1. The van der Waals surface area contributed by atoms with Gasteiger partial charge in [0.05, 0.1) is 6.04 Å². The van der Waals surface area contributed by atoms with Gasteiger partial charge in [-0.05, 0) is 12.5 Å². The van der Waals surface area contributed by atoms with E-state index in [9.17, 15) is 0 Å². The standard InChI is InChI=1S/C8H13N3/c1-2-8-4-3-6-10-11(8)7-5-9/h3-8H,2,9H2,1H3/b7-5-. The fraction of sp³-hybridized carbons (Fsp3) is 0.375. The van der Waals surface area contributed by atoms with Crippen LogP contribution in [0.3, 0.4) is 0 Å². The predicted octanol–water partition coefficient (Wildman–Crippen LogP) is 1.05. The second kappa shape index (κ2) is 3.81. The summed E-state index contributed by atoms with van der Waals surface area (Å²) < 4.78 is 0. The molecule has 0 amide bonds. The third-order valence-electron chi connectivity index (χ3n) is 1.62. The number of nitrogens with zero attached hydrogens (tertiary/aromatic N) is 2. The molecule has 0 aromatic rings. The zero-order valence-corrected chi connectivity index (χ0v) is 6.64. The normalized spacial score (nSPS) is 23.4. The highest BCUT2D eigenvalue weighted by atomic mass is 15.5. The van der Waals surface area contributed by atoms with Gasteiger partial charge in [-0.1, -0.05) is 13.0 Å². The fourth-order valence-corrected chi connectivity index (χ4v) is 1.03. The first-order valence-corrected chi connectivity index (χ1v) is 3.76. The summed E-state index contributed by atoms with van der Waals surface area (Å²) in [6, 6.07) is 0.361. The van der Waals surface area contributed by atoms with E-state index in [1.165, 1.54) is 6.20 Å². The molecule has 0 aromatic heterocycles. The summed E-state index contributed by atoms with van der Waals surface area (Å²) in [6.45, 7) is 2.12. The van der Waals surface area contributed by atoms with Crippen molar-refractivity contribution in [2.24, 2.45) is 10.8 Å². The van der Waals surface area contributed by atoms with Gasteiger partial charge in [0.1, 0.15) is 0 Å². The fourth-order valence-electron chi connectivity index (χ4n) is 1.03. The van der Waals surface area contributed by atoms with Crippen molar-refractivity contribution in [1.82, 2.24) is 5.01 Å². The van der Waals surface area contributed by atoms with Crippen LogP contribution in [0.5, 0.6) is 0 Å². The van der Waals surface area contributed by atoms with Gasteiger partial charge in [-0.15, -0.1) is 0 Å². The summed E-state index contributed by atoms with van der Waals surface area (Å²) in [6.07, 6.45) is 10.1. The third kappa shape index (κ3) is 1.83. The minimum Gasteiger partial charge on any atom is -0.403 e. The molecule has 1 rings (SSSR count). The summed E-state index contributed by atoms with van der Waals surface area (Å²) in [5.74, 6) is 0. The van der Waals surface area contributed by atoms with Crippen molar-refractivity contribution in [1.29, 1.82) is 0 Å². The maximum atomic E-state index is 5.26. The summed E-state index contributed by atoms with van der Waals surface area (Å²) in [7, 11) is 0. The Bertz CT molecular complexity index is 194. The monoisotopic (exact) mass is 151 g/mol. The molecule has 1 atom stereocenters. The van der Waals surface area contributed by atoms with Crippen molar-refractivity contribution < 1.29 is 0 Å². The van der Waals surface area contributed by atoms with E-state index in [0.717, 1.165) is 6.42 Å². The smallest absolute Gasteiger partial charge is 0.0700 e. The Balaban J connectivity index is 2.62. The maximum absolute atomic E-state index is 5.26. The molecule has 0 bridgehead atoms. The van der Waals surface area contributed by atoms with Crippen LogP contribution in [0, 0.1) is 0 Å². The minimum atomic E-state index is 0.361. The average Bonchev–Trinajstić information content (AvgIpc) is 2.06. The molecule has 0 radical (unpaired) electrons. The van der Waals surface area contributed by atoms with E-state index >= 15 is 0 Å². The lowest BCUT2D eigenvalue weighted by Crippen LogP contribution is -2.25. The average molecular weight is 151 g/mol. The lowest BCUT2D eigenvalue weighted by Gasteiger charge is -2.23. The summed E-state index contributed by atoms with van der Waals surface area (Å²) in [5, 5.41) is 5.97. The van der Waals surface area contributed by atoms with Crippen LogP contribution in [0.1, 0.15) is 13.3 Å². The number of allylic oxidation sites excluding steroid dienone is 1. The largest absolute Gasteiger partial charge is 0.403 e. The molecule has 3 nitrogen and oxygen atoms in total. The molecule has 1 unspecified atom stereocenters. The first kappa shape index (κ1) is 7.85. The molecular weight excluding hydrogens is 138 g/mol. The predicted molar refractivity (Wildman–Crippen MR) is 46.9 cm³/mol. The van der Waals surface area contributed by atoms with Crippen LogP contribution < -0.4 is 5.73 Å². The Kier molecular flexibility index (Phi) is 2.72. The molecule has 0 fully saturated rings. The van der Waals surface area contributed by atoms with Gasteiger partial charge in [0, 0.05) is 18.6 Å². The van der Waals surface area contributed by atoms with Crippen molar-refractivity contribution in [3.63, 3.8) is 0 Å². The number of hydrazone groups is 1. The molecule has 3 heteroatoms. The Labute approximate surface area is 66.9 Å². The van der Waals surface area contributed by atoms with Crippen LogP contribution in [0.2, 0.25) is 0 Å². The molecule has 11 heavy (non-hydrogen) atoms. The quantitative estimate of drug-likeness (QED) is 0.641. The summed E-state index contributed by atoms with van der Waals surface area (Å²) in [4.78, 5) is 0. The maximum Gasteiger partial charge on any atom is 0.0700 e. The van der Waals surface area contributed by atoms with Gasteiger partial charge in [-0.3, -0.25) is 5.01 Å². The van der Waals surface area contributed by atoms with Crippen molar-refractivity contribution in [3.05, 3.63) is 24.6 Å². The zero-order valence-electron chi connectivity index (χ0n) is 6.64. The van der Waals surface area contributed by atoms with Crippen LogP contribution in [0.15, 0.2) is 29.7 Å². The zero-order chi connectivity index (χ0) is 8.10. The first-order valence-electron chi connectivity index (χ1n) is 3.76. The van der Waals surface area contributed by atoms with Gasteiger partial charge in [-0.2, -0.15) is 5.10 Å². The highest BCUT2D eigenvalue weighted by Crippen LogP contribution is 2.09. The topological polar surface area (TPSA) is 41.6 Å². The minimum absolute atomic E-state index is 0.361. The molecule has 0 aliphatic carbocycles. The lowest BCUT2D eigenvalue weighted by atomic mass is 10.2. The van der Waals surface area contributed by atoms with Crippen LogP contribution >= 0.6 is 0 Å². The Hall–Kier alpha value is -1.25. The van der Waals surface area contributed by atoms with E-state index in [4.69, 9.17) is 5.73 Å². The highest BCUT2D eigenvalue weighted by molar-refractivity contribution is 5.71. The molecular formula is C8H13N3. The first-order chi connectivity index (χ1) is 5.38. The summed E-state index contributed by atoms with van der Waals surface area (Å²) in [5.41, 5.74) is 5.26. The Morgan fingerprint density at radius 1 is 1.73 bits per heavy atom. The Morgan fingerprint density at radius 2 is 2.55 bits per heavy atom. The van der Waals surface area contributed by atoms with Crippen LogP contribution in [-0.4, -0.2) is 17.3 Å². The van der Waals surface area contributed by atoms with E-state index < -0.39 is 0 Å². The summed E-state index contributed by atoms with van der Waals surface area (Å²) >= 11 is 0. The highest BCUT2D eigenvalue weighted by Gasteiger charge is 2.09. The van der Waals surface area contributed by atoms with Gasteiger partial charge in [-0.25, -0.2) is 0 Å². The Morgan fingerprint density at radius 3 is 3.18 bits per heavy atom. The molecule has 0 spiro atoms. The van der Waals surface area contributed by atoms with Crippen LogP contribution in [-0.2, 0) is 0 Å². The molecule has 2 N–H and O–H groups in total. The van der Waals surface area contributed by atoms with Crippen LogP contribution in [0.4, 0.5) is 0 Å². The molecule has 0 saturated heterocycles. The second-order valence-electron chi connectivity index (χ2n) is 2.35. The van der Waals surface area contributed by atoms with Gasteiger partial charge < -0.3 is 5.73 Å². The van der Waals surface area contributed by atoms with Crippen molar-refractivity contribution >= 4 is 6.21 Å². The molecule has 1 aliphatic heterocycles. The number of hydrogen-bond donors (Lipinski definition) is 1. The third-order valence-corrected chi connectivity index (χ3v) is 1.62.